The molecule has 0 unspecified atom stereocenters. The van der Waals surface area contributed by atoms with Crippen LogP contribution < -0.4 is 0 Å². The van der Waals surface area contributed by atoms with Gasteiger partial charge in [-0.25, -0.2) is 0 Å². The molecule has 0 aliphatic carbocycles. The second-order valence-corrected chi connectivity index (χ2v) is 3.28. The van der Waals surface area contributed by atoms with Crippen LogP contribution in [0, 0.1) is 0 Å². The predicted molar refractivity (Wildman–Crippen MR) is 51.6 cm³/mol. The summed E-state index contributed by atoms with van der Waals surface area (Å²) in [6, 6.07) is 7.64. The van der Waals surface area contributed by atoms with Crippen LogP contribution in [-0.2, 0) is 0 Å². The molecule has 0 saturated carbocycles. The first-order valence-electron chi connectivity index (χ1n) is 4.14. The minimum absolute atomic E-state index is 0.206. The van der Waals surface area contributed by atoms with Crippen LogP contribution in [0.15, 0.2) is 24.3 Å². The molecule has 0 spiro atoms. The van der Waals surface area contributed by atoms with Crippen LogP contribution in [0.3, 0.4) is 0 Å². The first kappa shape index (κ1) is 9.56. The van der Waals surface area contributed by atoms with E-state index < -0.39 is 0 Å². The van der Waals surface area contributed by atoms with Gasteiger partial charge in [0, 0.05) is 17.5 Å². The van der Waals surface area contributed by atoms with E-state index in [0.717, 1.165) is 17.0 Å². The predicted octanol–water partition coefficient (Wildman–Crippen LogP) is 2.83. The summed E-state index contributed by atoms with van der Waals surface area (Å²) in [5.74, 6) is 0.252. The molecule has 0 heterocycles. The molecule has 0 radical (unpaired) electrons. The maximum Gasteiger partial charge on any atom is 0.0499 e. The van der Waals surface area contributed by atoms with Crippen molar-refractivity contribution >= 4 is 11.6 Å². The van der Waals surface area contributed by atoms with E-state index in [-0.39, 0.29) is 12.5 Å². The summed E-state index contributed by atoms with van der Waals surface area (Å²) < 4.78 is 0. The van der Waals surface area contributed by atoms with Gasteiger partial charge < -0.3 is 5.11 Å². The summed E-state index contributed by atoms with van der Waals surface area (Å²) in [5.41, 5.74) is 1.16. The number of benzene rings is 1. The molecule has 0 aliphatic rings. The Balaban J connectivity index is 2.80. The number of aliphatic hydroxyl groups excluding tert-OH is 1. The zero-order valence-corrected chi connectivity index (χ0v) is 7.88. The zero-order valence-electron chi connectivity index (χ0n) is 7.13. The Morgan fingerprint density at radius 2 is 1.92 bits per heavy atom. The van der Waals surface area contributed by atoms with E-state index in [1.54, 1.807) is 0 Å². The topological polar surface area (TPSA) is 20.2 Å². The van der Waals surface area contributed by atoms with E-state index in [1.165, 1.54) is 0 Å². The largest absolute Gasteiger partial charge is 0.396 e. The molecule has 1 N–H and O–H groups in total. The highest BCUT2D eigenvalue weighted by Crippen LogP contribution is 2.20. The van der Waals surface area contributed by atoms with Gasteiger partial charge in [-0.3, -0.25) is 0 Å². The minimum atomic E-state index is 0.206. The molecular weight excluding hydrogens is 172 g/mol. The Hall–Kier alpha value is -0.530. The molecule has 0 bridgehead atoms. The fraction of sp³-hybridized carbons (Fsp3) is 0.400. The summed E-state index contributed by atoms with van der Waals surface area (Å²) in [6.45, 7) is 2.27. The lowest BCUT2D eigenvalue weighted by Crippen LogP contribution is -2.01. The van der Waals surface area contributed by atoms with Gasteiger partial charge in [0.2, 0.25) is 0 Å². The van der Waals surface area contributed by atoms with Gasteiger partial charge in [-0.05, 0) is 24.1 Å². The SMILES string of the molecule is CC[C@H](CO)c1ccc(Cl)cc1. The van der Waals surface area contributed by atoms with E-state index in [1.807, 2.05) is 24.3 Å². The van der Waals surface area contributed by atoms with Crippen LogP contribution in [0.5, 0.6) is 0 Å². The summed E-state index contributed by atoms with van der Waals surface area (Å²) >= 11 is 5.74. The molecule has 0 fully saturated rings. The molecule has 0 aromatic heterocycles. The molecule has 1 rings (SSSR count). The number of rotatable bonds is 3. The Kier molecular flexibility index (Phi) is 3.57. The lowest BCUT2D eigenvalue weighted by atomic mass is 9.98. The quantitative estimate of drug-likeness (QED) is 0.766. The number of halogens is 1. The van der Waals surface area contributed by atoms with E-state index >= 15 is 0 Å². The summed E-state index contributed by atoms with van der Waals surface area (Å²) in [7, 11) is 0. The molecule has 2 heteroatoms. The van der Waals surface area contributed by atoms with Gasteiger partial charge in [-0.15, -0.1) is 0 Å². The Bertz CT molecular complexity index is 226. The van der Waals surface area contributed by atoms with E-state index in [0.29, 0.717) is 0 Å². The lowest BCUT2D eigenvalue weighted by Gasteiger charge is -2.11. The highest BCUT2D eigenvalue weighted by atomic mass is 35.5. The van der Waals surface area contributed by atoms with Crippen molar-refractivity contribution in [2.75, 3.05) is 6.61 Å². The van der Waals surface area contributed by atoms with Crippen molar-refractivity contribution in [3.63, 3.8) is 0 Å². The summed E-state index contributed by atoms with van der Waals surface area (Å²) in [6.07, 6.45) is 0.956. The maximum atomic E-state index is 9.02. The smallest absolute Gasteiger partial charge is 0.0499 e. The third-order valence-corrected chi connectivity index (χ3v) is 2.31. The molecule has 1 aromatic carbocycles. The summed E-state index contributed by atoms with van der Waals surface area (Å²) in [4.78, 5) is 0. The van der Waals surface area contributed by atoms with Gasteiger partial charge in [0.25, 0.3) is 0 Å². The van der Waals surface area contributed by atoms with Crippen molar-refractivity contribution in [2.24, 2.45) is 0 Å². The molecule has 66 valence electrons. The molecule has 0 amide bonds. The van der Waals surface area contributed by atoms with Crippen LogP contribution in [0.4, 0.5) is 0 Å². The molecule has 1 nitrogen and oxygen atoms in total. The maximum absolute atomic E-state index is 9.02. The molecule has 12 heavy (non-hydrogen) atoms. The van der Waals surface area contributed by atoms with Crippen LogP contribution in [-0.4, -0.2) is 11.7 Å². The molecular formula is C10H13ClO. The van der Waals surface area contributed by atoms with Crippen molar-refractivity contribution in [1.29, 1.82) is 0 Å². The van der Waals surface area contributed by atoms with Crippen LogP contribution >= 0.6 is 11.6 Å². The van der Waals surface area contributed by atoms with E-state index in [2.05, 4.69) is 6.92 Å². The van der Waals surface area contributed by atoms with Crippen molar-refractivity contribution < 1.29 is 5.11 Å². The van der Waals surface area contributed by atoms with Gasteiger partial charge in [0.15, 0.2) is 0 Å². The van der Waals surface area contributed by atoms with Crippen molar-refractivity contribution in [3.8, 4) is 0 Å². The number of aliphatic hydroxyl groups is 1. The monoisotopic (exact) mass is 184 g/mol. The van der Waals surface area contributed by atoms with Gasteiger partial charge in [0.05, 0.1) is 0 Å². The van der Waals surface area contributed by atoms with Gasteiger partial charge in [0.1, 0.15) is 0 Å². The van der Waals surface area contributed by atoms with Crippen LogP contribution in [0.25, 0.3) is 0 Å². The summed E-state index contributed by atoms with van der Waals surface area (Å²) in [5, 5.41) is 9.76. The van der Waals surface area contributed by atoms with Crippen molar-refractivity contribution in [3.05, 3.63) is 34.9 Å². The van der Waals surface area contributed by atoms with Crippen LogP contribution in [0.1, 0.15) is 24.8 Å². The Morgan fingerprint density at radius 3 is 2.33 bits per heavy atom. The number of hydrogen-bond donors (Lipinski definition) is 1. The third kappa shape index (κ3) is 2.23. The Morgan fingerprint density at radius 1 is 1.33 bits per heavy atom. The second kappa shape index (κ2) is 4.48. The number of hydrogen-bond acceptors (Lipinski definition) is 1. The van der Waals surface area contributed by atoms with Gasteiger partial charge in [-0.2, -0.15) is 0 Å². The minimum Gasteiger partial charge on any atom is -0.396 e. The third-order valence-electron chi connectivity index (χ3n) is 2.05. The van der Waals surface area contributed by atoms with Crippen LogP contribution in [0.2, 0.25) is 5.02 Å². The first-order chi connectivity index (χ1) is 5.77. The van der Waals surface area contributed by atoms with E-state index in [9.17, 15) is 0 Å². The molecule has 0 saturated heterocycles. The molecule has 1 aromatic rings. The lowest BCUT2D eigenvalue weighted by molar-refractivity contribution is 0.262. The zero-order chi connectivity index (χ0) is 8.97. The molecule has 1 atom stereocenters. The van der Waals surface area contributed by atoms with Crippen molar-refractivity contribution in [1.82, 2.24) is 0 Å². The second-order valence-electron chi connectivity index (χ2n) is 2.84. The average Bonchev–Trinajstić information content (AvgIpc) is 2.10. The highest BCUT2D eigenvalue weighted by Gasteiger charge is 2.06. The standard InChI is InChI=1S/C10H13ClO/c1-2-8(7-12)9-3-5-10(11)6-4-9/h3-6,8,12H,2,7H2,1H3/t8-/m1/s1. The fourth-order valence-corrected chi connectivity index (χ4v) is 1.33. The van der Waals surface area contributed by atoms with Gasteiger partial charge in [-0.1, -0.05) is 30.7 Å². The fourth-order valence-electron chi connectivity index (χ4n) is 1.21. The normalized spacial score (nSPS) is 12.9. The first-order valence-corrected chi connectivity index (χ1v) is 4.52. The van der Waals surface area contributed by atoms with Gasteiger partial charge >= 0.3 is 0 Å². The van der Waals surface area contributed by atoms with E-state index in [4.69, 9.17) is 16.7 Å². The molecule has 0 aliphatic heterocycles. The highest BCUT2D eigenvalue weighted by molar-refractivity contribution is 6.30. The van der Waals surface area contributed by atoms with Crippen molar-refractivity contribution in [2.45, 2.75) is 19.3 Å². The average molecular weight is 185 g/mol. The Labute approximate surface area is 78.0 Å².